The van der Waals surface area contributed by atoms with Crippen LogP contribution in [-0.2, 0) is 23.1 Å². The predicted molar refractivity (Wildman–Crippen MR) is 151 cm³/mol. The topological polar surface area (TPSA) is 53.0 Å². The summed E-state index contributed by atoms with van der Waals surface area (Å²) in [6, 6.07) is 9.47. The number of amides is 1. The molecule has 2 aromatic carbocycles. The highest BCUT2D eigenvalue weighted by atomic mass is 35.5. The van der Waals surface area contributed by atoms with E-state index in [-0.39, 0.29) is 29.9 Å². The van der Waals surface area contributed by atoms with Crippen molar-refractivity contribution >= 4 is 29.1 Å². The second kappa shape index (κ2) is 9.76. The molecule has 2 aromatic rings. The van der Waals surface area contributed by atoms with Crippen LogP contribution < -0.4 is 4.74 Å². The lowest BCUT2D eigenvalue weighted by Gasteiger charge is -2.60. The van der Waals surface area contributed by atoms with Gasteiger partial charge in [-0.1, -0.05) is 49.2 Å². The van der Waals surface area contributed by atoms with Crippen molar-refractivity contribution in [3.05, 3.63) is 69.7 Å². The van der Waals surface area contributed by atoms with Crippen molar-refractivity contribution in [2.45, 2.75) is 69.6 Å². The van der Waals surface area contributed by atoms with Crippen LogP contribution in [-0.4, -0.2) is 58.6 Å². The Labute approximate surface area is 235 Å². The Kier molecular flexibility index (Phi) is 6.69. The second-order valence-corrected chi connectivity index (χ2v) is 12.8. The molecule has 2 aliphatic carbocycles. The molecule has 38 heavy (non-hydrogen) atoms. The van der Waals surface area contributed by atoms with Gasteiger partial charge in [0, 0.05) is 35.7 Å². The number of benzene rings is 2. The molecule has 1 amide bonds. The highest BCUT2D eigenvalue weighted by Crippen LogP contribution is 2.63. The third-order valence-corrected chi connectivity index (χ3v) is 10.1. The Bertz CT molecular complexity index is 1280. The predicted octanol–water partition coefficient (Wildman–Crippen LogP) is 6.02. The van der Waals surface area contributed by atoms with Crippen molar-refractivity contribution in [2.75, 3.05) is 19.6 Å². The Morgan fingerprint density at radius 3 is 2.82 bits per heavy atom. The molecule has 7 heteroatoms. The lowest BCUT2D eigenvalue weighted by molar-refractivity contribution is -0.142. The Morgan fingerprint density at radius 1 is 1.26 bits per heavy atom. The number of phenolic OH excluding ortho intramolecular Hbond substituents is 1. The molecule has 0 unspecified atom stereocenters. The summed E-state index contributed by atoms with van der Waals surface area (Å²) in [7, 11) is 0. The van der Waals surface area contributed by atoms with Crippen LogP contribution in [0.1, 0.15) is 49.8 Å². The zero-order chi connectivity index (χ0) is 26.8. The van der Waals surface area contributed by atoms with Crippen molar-refractivity contribution < 1.29 is 14.6 Å². The fourth-order valence-corrected chi connectivity index (χ4v) is 8.38. The maximum atomic E-state index is 14.0. The number of carbonyl (C=O) groups excluding carboxylic acids is 1. The number of phenols is 1. The number of ether oxygens (including phenoxy) is 1. The third-order valence-electron chi connectivity index (χ3n) is 9.41. The quantitative estimate of drug-likeness (QED) is 0.425. The van der Waals surface area contributed by atoms with Gasteiger partial charge in [-0.15, -0.1) is 6.58 Å². The average Bonchev–Trinajstić information content (AvgIpc) is 3.21. The Morgan fingerprint density at radius 2 is 2.08 bits per heavy atom. The molecule has 2 aliphatic heterocycles. The van der Waals surface area contributed by atoms with Crippen molar-refractivity contribution in [3.8, 4) is 11.5 Å². The van der Waals surface area contributed by atoms with Crippen LogP contribution in [0.15, 0.2) is 43.0 Å². The lowest BCUT2D eigenvalue weighted by atomic mass is 9.51. The normalized spacial score (nSPS) is 29.1. The minimum atomic E-state index is -0.188. The number of piperidine rings is 1. The first-order valence-electron chi connectivity index (χ1n) is 13.8. The van der Waals surface area contributed by atoms with Crippen LogP contribution in [0.5, 0.6) is 11.5 Å². The second-order valence-electron chi connectivity index (χ2n) is 11.9. The number of hydrogen-bond acceptors (Lipinski definition) is 4. The van der Waals surface area contributed by atoms with E-state index in [1.165, 1.54) is 5.56 Å². The van der Waals surface area contributed by atoms with Crippen LogP contribution in [0.4, 0.5) is 0 Å². The zero-order valence-corrected chi connectivity index (χ0v) is 23.6. The van der Waals surface area contributed by atoms with E-state index >= 15 is 0 Å². The molecule has 5 nitrogen and oxygen atoms in total. The van der Waals surface area contributed by atoms with E-state index in [4.69, 9.17) is 27.9 Å². The number of rotatable bonds is 7. The van der Waals surface area contributed by atoms with E-state index in [9.17, 15) is 9.90 Å². The van der Waals surface area contributed by atoms with Crippen molar-refractivity contribution in [3.63, 3.8) is 0 Å². The van der Waals surface area contributed by atoms with Gasteiger partial charge in [-0.25, -0.2) is 0 Å². The van der Waals surface area contributed by atoms with E-state index in [1.54, 1.807) is 18.2 Å². The standard InChI is InChI=1S/C31H36Cl2N2O3/c1-4-12-34-13-11-31-21-6-8-24(30(31)38-27-10-9-26(36)20(29(27)31)16-25(21)34)35(17-18(2)3)28(37)15-19-5-7-22(32)23(33)14-19/h4-5,7,9-10,14,18,21,24-25,30,36H,1,6,8,11-13,15-17H2,2-3H3/t21-,24-,25+,30-,31-/m0/s1. The lowest BCUT2D eigenvalue weighted by Crippen LogP contribution is -2.69. The number of likely N-dealkylation sites (tertiary alicyclic amines) is 1. The number of carbonyl (C=O) groups is 1. The summed E-state index contributed by atoms with van der Waals surface area (Å²) in [6.45, 7) is 10.8. The third kappa shape index (κ3) is 3.96. The van der Waals surface area contributed by atoms with E-state index in [0.717, 1.165) is 55.6 Å². The molecule has 1 saturated heterocycles. The van der Waals surface area contributed by atoms with E-state index in [2.05, 4.69) is 30.2 Å². The zero-order valence-electron chi connectivity index (χ0n) is 22.1. The van der Waals surface area contributed by atoms with Gasteiger partial charge in [0.05, 0.1) is 22.5 Å². The molecule has 2 heterocycles. The fourth-order valence-electron chi connectivity index (χ4n) is 8.06. The largest absolute Gasteiger partial charge is 0.508 e. The summed E-state index contributed by atoms with van der Waals surface area (Å²) in [4.78, 5) is 18.6. The average molecular weight is 556 g/mol. The van der Waals surface area contributed by atoms with Crippen LogP contribution in [0.25, 0.3) is 0 Å². The van der Waals surface area contributed by atoms with Crippen molar-refractivity contribution in [1.29, 1.82) is 0 Å². The van der Waals surface area contributed by atoms with Gasteiger partial charge in [0.15, 0.2) is 0 Å². The van der Waals surface area contributed by atoms with Crippen LogP contribution in [0.2, 0.25) is 10.0 Å². The van der Waals surface area contributed by atoms with E-state index in [0.29, 0.717) is 40.2 Å². The molecular weight excluding hydrogens is 519 g/mol. The number of nitrogens with zero attached hydrogens (tertiary/aromatic N) is 2. The number of aromatic hydroxyl groups is 1. The van der Waals surface area contributed by atoms with Gasteiger partial charge in [-0.3, -0.25) is 9.69 Å². The summed E-state index contributed by atoms with van der Waals surface area (Å²) >= 11 is 12.4. The van der Waals surface area contributed by atoms with Gasteiger partial charge in [0.2, 0.25) is 5.91 Å². The van der Waals surface area contributed by atoms with Gasteiger partial charge in [-0.05, 0) is 73.9 Å². The fraction of sp³-hybridized carbons (Fsp3) is 0.516. The first kappa shape index (κ1) is 26.0. The van der Waals surface area contributed by atoms with Crippen molar-refractivity contribution in [1.82, 2.24) is 9.80 Å². The molecule has 202 valence electrons. The molecular formula is C31H36Cl2N2O3. The van der Waals surface area contributed by atoms with Crippen LogP contribution in [0.3, 0.4) is 0 Å². The maximum Gasteiger partial charge on any atom is 0.227 e. The molecule has 1 saturated carbocycles. The summed E-state index contributed by atoms with van der Waals surface area (Å²) in [5.74, 6) is 2.11. The smallest absolute Gasteiger partial charge is 0.227 e. The summed E-state index contributed by atoms with van der Waals surface area (Å²) < 4.78 is 6.86. The number of hydrogen-bond donors (Lipinski definition) is 1. The summed E-state index contributed by atoms with van der Waals surface area (Å²) in [5.41, 5.74) is 2.93. The minimum absolute atomic E-state index is 0.0315. The van der Waals surface area contributed by atoms with Gasteiger partial charge in [-0.2, -0.15) is 0 Å². The van der Waals surface area contributed by atoms with Gasteiger partial charge < -0.3 is 14.7 Å². The van der Waals surface area contributed by atoms with Crippen LogP contribution >= 0.6 is 23.2 Å². The summed E-state index contributed by atoms with van der Waals surface area (Å²) in [5, 5.41) is 11.9. The molecule has 5 atom stereocenters. The monoisotopic (exact) mass is 554 g/mol. The minimum Gasteiger partial charge on any atom is -0.508 e. The molecule has 0 aromatic heterocycles. The van der Waals surface area contributed by atoms with Crippen molar-refractivity contribution in [2.24, 2.45) is 11.8 Å². The number of halogens is 2. The Balaban J connectivity index is 1.39. The first-order valence-corrected chi connectivity index (χ1v) is 14.6. The molecule has 6 rings (SSSR count). The molecule has 2 fully saturated rings. The maximum absolute atomic E-state index is 14.0. The molecule has 0 radical (unpaired) electrons. The molecule has 4 aliphatic rings. The molecule has 1 spiro atoms. The summed E-state index contributed by atoms with van der Waals surface area (Å²) in [6.07, 6.45) is 5.88. The highest BCUT2D eigenvalue weighted by molar-refractivity contribution is 6.42. The van der Waals surface area contributed by atoms with Gasteiger partial charge >= 0.3 is 0 Å². The van der Waals surface area contributed by atoms with Gasteiger partial charge in [0.1, 0.15) is 17.6 Å². The first-order chi connectivity index (χ1) is 18.2. The Hall–Kier alpha value is -2.21. The highest BCUT2D eigenvalue weighted by Gasteiger charge is 2.66. The molecule has 2 bridgehead atoms. The molecule has 1 N–H and O–H groups in total. The van der Waals surface area contributed by atoms with E-state index < -0.39 is 0 Å². The van der Waals surface area contributed by atoms with Gasteiger partial charge in [0.25, 0.3) is 0 Å². The van der Waals surface area contributed by atoms with Crippen LogP contribution in [0, 0.1) is 11.8 Å². The van der Waals surface area contributed by atoms with E-state index in [1.807, 2.05) is 18.2 Å². The SMILES string of the molecule is C=CCN1CC[C@@]23c4c5ccc(O)c4C[C@@H]1[C@@H]2CC[C@H](N(CC(C)C)C(=O)Cc1ccc(Cl)c(Cl)c1)[C@@H]3O5.